The SMILES string of the molecule is ClC1=C(/C=C2\CCCc3c(-c4ccccc4)cc(-c4ccccc4)[o+]c32)CCC/C1=C\C1=C2OC(c3ccccc3)=CC(c3ccccc3)=C2CCC1. The Morgan fingerprint density at radius 1 is 0.547 bits per heavy atom. The van der Waals surface area contributed by atoms with Gasteiger partial charge in [0.2, 0.25) is 0 Å². The van der Waals surface area contributed by atoms with Crippen molar-refractivity contribution in [2.24, 2.45) is 0 Å². The summed E-state index contributed by atoms with van der Waals surface area (Å²) in [4.78, 5) is 0. The molecule has 4 aromatic carbocycles. The van der Waals surface area contributed by atoms with E-state index in [0.29, 0.717) is 0 Å². The number of hydrogen-bond acceptors (Lipinski definition) is 1. The molecule has 0 atom stereocenters. The Kier molecular flexibility index (Phi) is 9.38. The lowest BCUT2D eigenvalue weighted by Crippen LogP contribution is -2.12. The van der Waals surface area contributed by atoms with Crippen LogP contribution in [-0.2, 0) is 11.2 Å². The molecule has 0 saturated carbocycles. The number of hydrogen-bond donors (Lipinski definition) is 0. The van der Waals surface area contributed by atoms with Gasteiger partial charge in [-0.1, -0.05) is 127 Å². The Bertz CT molecular complexity index is 2360. The highest BCUT2D eigenvalue weighted by molar-refractivity contribution is 6.32. The van der Waals surface area contributed by atoms with E-state index in [9.17, 15) is 0 Å². The molecule has 1 aliphatic heterocycles. The Labute approximate surface area is 317 Å². The molecule has 2 heterocycles. The summed E-state index contributed by atoms with van der Waals surface area (Å²) in [5, 5.41) is 0.875. The molecular formula is C50H42ClO2+. The van der Waals surface area contributed by atoms with Gasteiger partial charge in [-0.05, 0) is 115 Å². The molecule has 9 rings (SSSR count). The van der Waals surface area contributed by atoms with E-state index in [4.69, 9.17) is 20.8 Å². The first-order valence-corrected chi connectivity index (χ1v) is 19.5. The molecule has 0 fully saturated rings. The molecule has 260 valence electrons. The zero-order valence-corrected chi connectivity index (χ0v) is 30.7. The largest absolute Gasteiger partial charge is 0.456 e. The molecule has 3 aliphatic carbocycles. The number of fused-ring (bicyclic) bond motifs is 2. The van der Waals surface area contributed by atoms with E-state index >= 15 is 0 Å². The zero-order chi connectivity index (χ0) is 35.6. The molecule has 0 amide bonds. The minimum Gasteiger partial charge on any atom is -0.456 e. The molecule has 53 heavy (non-hydrogen) atoms. The Morgan fingerprint density at radius 3 is 1.83 bits per heavy atom. The molecular weight excluding hydrogens is 668 g/mol. The molecule has 0 radical (unpaired) electrons. The van der Waals surface area contributed by atoms with Gasteiger partial charge in [0.15, 0.2) is 0 Å². The van der Waals surface area contributed by atoms with Crippen LogP contribution in [0.15, 0.2) is 183 Å². The van der Waals surface area contributed by atoms with E-state index in [2.05, 4.69) is 146 Å². The van der Waals surface area contributed by atoms with Crippen LogP contribution in [0.3, 0.4) is 0 Å². The second kappa shape index (κ2) is 14.9. The third kappa shape index (κ3) is 6.80. The van der Waals surface area contributed by atoms with Crippen LogP contribution >= 0.6 is 11.6 Å². The molecule has 4 aliphatic rings. The van der Waals surface area contributed by atoms with Gasteiger partial charge in [0.1, 0.15) is 11.5 Å². The van der Waals surface area contributed by atoms with Gasteiger partial charge in [-0.2, -0.15) is 0 Å². The highest BCUT2D eigenvalue weighted by Gasteiger charge is 2.33. The first-order valence-electron chi connectivity index (χ1n) is 19.1. The van der Waals surface area contributed by atoms with E-state index in [1.165, 1.54) is 55.7 Å². The van der Waals surface area contributed by atoms with E-state index < -0.39 is 0 Å². The van der Waals surface area contributed by atoms with Crippen LogP contribution in [0.4, 0.5) is 0 Å². The molecule has 2 nitrogen and oxygen atoms in total. The number of halogens is 1. The first-order chi connectivity index (χ1) is 26.2. The maximum atomic E-state index is 7.44. The maximum Gasteiger partial charge on any atom is 0.361 e. The van der Waals surface area contributed by atoms with Crippen molar-refractivity contribution >= 4 is 28.5 Å². The van der Waals surface area contributed by atoms with Crippen molar-refractivity contribution in [2.45, 2.75) is 57.8 Å². The lowest BCUT2D eigenvalue weighted by molar-refractivity contribution is 0.372. The second-order valence-corrected chi connectivity index (χ2v) is 14.8. The van der Waals surface area contributed by atoms with E-state index in [-0.39, 0.29) is 0 Å². The molecule has 0 N–H and O–H groups in total. The van der Waals surface area contributed by atoms with Crippen LogP contribution in [0.2, 0.25) is 0 Å². The van der Waals surface area contributed by atoms with Gasteiger partial charge >= 0.3 is 11.5 Å². The van der Waals surface area contributed by atoms with Crippen LogP contribution in [0.5, 0.6) is 0 Å². The molecule has 1 aromatic heterocycles. The summed E-state index contributed by atoms with van der Waals surface area (Å²) in [5.41, 5.74) is 14.6. The van der Waals surface area contributed by atoms with Gasteiger partial charge in [0.25, 0.3) is 0 Å². The van der Waals surface area contributed by atoms with Gasteiger partial charge in [-0.25, -0.2) is 4.42 Å². The molecule has 5 aromatic rings. The van der Waals surface area contributed by atoms with Crippen LogP contribution in [0.1, 0.15) is 73.8 Å². The molecule has 3 heteroatoms. The van der Waals surface area contributed by atoms with E-state index in [1.54, 1.807) is 0 Å². The highest BCUT2D eigenvalue weighted by atomic mass is 35.5. The van der Waals surface area contributed by atoms with Gasteiger partial charge in [0, 0.05) is 21.7 Å². The van der Waals surface area contributed by atoms with Gasteiger partial charge in [0.05, 0.1) is 22.8 Å². The summed E-state index contributed by atoms with van der Waals surface area (Å²) < 4.78 is 13.7. The monoisotopic (exact) mass is 709 g/mol. The molecule has 0 saturated heterocycles. The predicted molar refractivity (Wildman–Crippen MR) is 219 cm³/mol. The fraction of sp³-hybridized carbons (Fsp3) is 0.180. The lowest BCUT2D eigenvalue weighted by Gasteiger charge is -2.30. The lowest BCUT2D eigenvalue weighted by atomic mass is 9.83. The van der Waals surface area contributed by atoms with Crippen molar-refractivity contribution in [1.82, 2.24) is 0 Å². The van der Waals surface area contributed by atoms with Crippen molar-refractivity contribution in [3.8, 4) is 22.5 Å². The standard InChI is InChI=1S/C50H42ClO2/c51-48-38(30-40-26-14-28-42-44(34-16-5-1-6-17-34)32-46(52-49(40)42)36-20-9-3-10-21-36)24-13-25-39(48)31-41-27-15-29-43-45(35-18-7-2-8-19-35)33-47(53-50(41)43)37-22-11-4-12-23-37/h1-12,16-23,30-33H,13-15,24-29H2/q+1. The summed E-state index contributed by atoms with van der Waals surface area (Å²) >= 11 is 7.44. The Morgan fingerprint density at radius 2 is 1.11 bits per heavy atom. The van der Waals surface area contributed by atoms with E-state index in [1.807, 2.05) is 0 Å². The van der Waals surface area contributed by atoms with Gasteiger partial charge in [-0.15, -0.1) is 0 Å². The average molecular weight is 710 g/mol. The fourth-order valence-electron chi connectivity index (χ4n) is 8.34. The third-order valence-corrected chi connectivity index (χ3v) is 11.4. The highest BCUT2D eigenvalue weighted by Crippen LogP contribution is 2.46. The van der Waals surface area contributed by atoms with Crippen molar-refractivity contribution < 1.29 is 9.15 Å². The summed E-state index contributed by atoms with van der Waals surface area (Å²) in [6.45, 7) is 0. The first kappa shape index (κ1) is 33.4. The zero-order valence-electron chi connectivity index (χ0n) is 29.9. The van der Waals surface area contributed by atoms with Crippen LogP contribution in [0.25, 0.3) is 39.4 Å². The van der Waals surface area contributed by atoms with Crippen molar-refractivity contribution in [3.05, 3.63) is 201 Å². The van der Waals surface area contributed by atoms with Crippen molar-refractivity contribution in [2.75, 3.05) is 0 Å². The second-order valence-electron chi connectivity index (χ2n) is 14.4. The number of benzene rings is 4. The number of rotatable bonds is 6. The van der Waals surface area contributed by atoms with Crippen LogP contribution in [0, 0.1) is 0 Å². The number of allylic oxidation sites excluding steroid dienone is 10. The summed E-state index contributed by atoms with van der Waals surface area (Å²) in [6, 6.07) is 44.6. The molecule has 0 spiro atoms. The summed E-state index contributed by atoms with van der Waals surface area (Å²) in [5.74, 6) is 3.78. The van der Waals surface area contributed by atoms with Crippen LogP contribution in [-0.4, -0.2) is 0 Å². The van der Waals surface area contributed by atoms with Gasteiger partial charge < -0.3 is 4.74 Å². The Balaban J connectivity index is 1.13. The normalized spacial score (nSPS) is 18.8. The molecule has 0 bridgehead atoms. The minimum absolute atomic E-state index is 0.875. The smallest absolute Gasteiger partial charge is 0.361 e. The van der Waals surface area contributed by atoms with E-state index in [0.717, 1.165) is 97.0 Å². The fourth-order valence-corrected chi connectivity index (χ4v) is 8.64. The topological polar surface area (TPSA) is 20.5 Å². The van der Waals surface area contributed by atoms with Crippen LogP contribution < -0.4 is 0 Å². The predicted octanol–water partition coefficient (Wildman–Crippen LogP) is 14.2. The van der Waals surface area contributed by atoms with Gasteiger partial charge in [-0.3, -0.25) is 0 Å². The Hall–Kier alpha value is -5.44. The summed E-state index contributed by atoms with van der Waals surface area (Å²) in [6.07, 6.45) is 16.0. The maximum absolute atomic E-state index is 7.44. The quantitative estimate of drug-likeness (QED) is 0.164. The number of ether oxygens (including phenoxy) is 1. The average Bonchev–Trinajstić information content (AvgIpc) is 3.23. The third-order valence-electron chi connectivity index (χ3n) is 10.9. The molecule has 0 unspecified atom stereocenters. The van der Waals surface area contributed by atoms with Crippen molar-refractivity contribution in [1.29, 1.82) is 0 Å². The van der Waals surface area contributed by atoms with Crippen molar-refractivity contribution in [3.63, 3.8) is 0 Å². The summed E-state index contributed by atoms with van der Waals surface area (Å²) in [7, 11) is 0. The minimum atomic E-state index is 0.875.